The van der Waals surface area contributed by atoms with E-state index >= 15 is 0 Å². The number of hydrogen-bond donors (Lipinski definition) is 0. The molecule has 0 atom stereocenters. The molecule has 1 heterocycles. The Kier molecular flexibility index (Phi) is 3.04. The van der Waals surface area contributed by atoms with Crippen molar-refractivity contribution in [1.82, 2.24) is 14.9 Å². The summed E-state index contributed by atoms with van der Waals surface area (Å²) in [6, 6.07) is 5.90. The number of aromatic nitrogens is 2. The first kappa shape index (κ1) is 11.5. The number of nitrogens with zero attached hydrogens (tertiary/aromatic N) is 3. The Morgan fingerprint density at radius 1 is 1.41 bits per heavy atom. The lowest BCUT2D eigenvalue weighted by Gasteiger charge is -2.13. The fourth-order valence-electron chi connectivity index (χ4n) is 1.57. The predicted molar refractivity (Wildman–Crippen MR) is 66.9 cm³/mol. The van der Waals surface area contributed by atoms with Crippen LogP contribution in [0.4, 0.5) is 0 Å². The number of amides is 1. The minimum absolute atomic E-state index is 0.144. The van der Waals surface area contributed by atoms with Gasteiger partial charge in [-0.3, -0.25) is 4.79 Å². The Labute approximate surface area is 100 Å². The second kappa shape index (κ2) is 4.49. The van der Waals surface area contributed by atoms with Crippen molar-refractivity contribution in [3.63, 3.8) is 0 Å². The van der Waals surface area contributed by atoms with Gasteiger partial charge >= 0.3 is 0 Å². The number of carbonyl (C=O) groups excluding carboxylic acids is 1. The maximum absolute atomic E-state index is 11.9. The summed E-state index contributed by atoms with van der Waals surface area (Å²) in [5, 5.41) is 0.959. The number of hydrogen-bond acceptors (Lipinski definition) is 3. The summed E-state index contributed by atoms with van der Waals surface area (Å²) in [5.74, 6) is 0.112. The third-order valence-corrected chi connectivity index (χ3v) is 2.75. The normalized spacial score (nSPS) is 10.5. The molecular formula is C13H15N3O. The molecule has 0 fully saturated rings. The summed E-state index contributed by atoms with van der Waals surface area (Å²) in [7, 11) is 1.74. The van der Waals surface area contributed by atoms with E-state index in [-0.39, 0.29) is 11.7 Å². The molecule has 0 aliphatic heterocycles. The third kappa shape index (κ3) is 2.25. The van der Waals surface area contributed by atoms with Crippen molar-refractivity contribution in [1.29, 1.82) is 0 Å². The van der Waals surface area contributed by atoms with E-state index in [4.69, 9.17) is 0 Å². The highest BCUT2D eigenvalue weighted by molar-refractivity contribution is 5.92. The second-order valence-corrected chi connectivity index (χ2v) is 4.08. The molecule has 4 nitrogen and oxygen atoms in total. The van der Waals surface area contributed by atoms with Crippen LogP contribution >= 0.6 is 0 Å². The molecule has 1 amide bonds. The molecule has 0 aliphatic rings. The predicted octanol–water partition coefficient (Wildman–Crippen LogP) is 2.03. The van der Waals surface area contributed by atoms with E-state index < -0.39 is 0 Å². The van der Waals surface area contributed by atoms with Gasteiger partial charge in [-0.05, 0) is 26.0 Å². The fourth-order valence-corrected chi connectivity index (χ4v) is 1.57. The van der Waals surface area contributed by atoms with Crippen LogP contribution in [-0.2, 0) is 0 Å². The van der Waals surface area contributed by atoms with Gasteiger partial charge in [-0.25, -0.2) is 9.97 Å². The monoisotopic (exact) mass is 229 g/mol. The van der Waals surface area contributed by atoms with Crippen LogP contribution < -0.4 is 0 Å². The van der Waals surface area contributed by atoms with Crippen molar-refractivity contribution in [2.45, 2.75) is 13.8 Å². The first-order chi connectivity index (χ1) is 8.11. The zero-order valence-electron chi connectivity index (χ0n) is 10.3. The number of fused-ring (bicyclic) bond motifs is 1. The van der Waals surface area contributed by atoms with Crippen LogP contribution in [0, 0.1) is 6.92 Å². The molecule has 0 radical (unpaired) electrons. The number of aryl methyl sites for hydroxylation is 1. The molecule has 2 rings (SSSR count). The number of carbonyl (C=O) groups is 1. The van der Waals surface area contributed by atoms with Crippen LogP contribution in [0.5, 0.6) is 0 Å². The van der Waals surface area contributed by atoms with Crippen LogP contribution in [-0.4, -0.2) is 34.4 Å². The molecule has 0 saturated carbocycles. The molecule has 0 aliphatic carbocycles. The average Bonchev–Trinajstić information content (AvgIpc) is 2.36. The minimum atomic E-state index is -0.144. The standard InChI is InChI=1S/C13H15N3O/c1-4-16(3)13(17)12-14-8-10-7-9(2)5-6-11(10)15-12/h5-8H,4H2,1-3H3. The van der Waals surface area contributed by atoms with E-state index in [0.717, 1.165) is 16.5 Å². The quantitative estimate of drug-likeness (QED) is 0.791. The topological polar surface area (TPSA) is 46.1 Å². The zero-order chi connectivity index (χ0) is 12.4. The lowest BCUT2D eigenvalue weighted by atomic mass is 10.2. The summed E-state index contributed by atoms with van der Waals surface area (Å²) in [4.78, 5) is 21.9. The van der Waals surface area contributed by atoms with E-state index in [0.29, 0.717) is 6.54 Å². The lowest BCUT2D eigenvalue weighted by Crippen LogP contribution is -2.27. The molecule has 0 unspecified atom stereocenters. The smallest absolute Gasteiger partial charge is 0.291 e. The molecule has 0 saturated heterocycles. The van der Waals surface area contributed by atoms with Crippen LogP contribution in [0.15, 0.2) is 24.4 Å². The summed E-state index contributed by atoms with van der Waals surface area (Å²) in [6.07, 6.45) is 1.70. The van der Waals surface area contributed by atoms with Gasteiger partial charge in [0.1, 0.15) is 0 Å². The van der Waals surface area contributed by atoms with Gasteiger partial charge in [0.15, 0.2) is 0 Å². The maximum Gasteiger partial charge on any atom is 0.291 e. The highest BCUT2D eigenvalue weighted by atomic mass is 16.2. The summed E-state index contributed by atoms with van der Waals surface area (Å²) in [6.45, 7) is 4.58. The number of rotatable bonds is 2. The summed E-state index contributed by atoms with van der Waals surface area (Å²) in [5.41, 5.74) is 1.96. The summed E-state index contributed by atoms with van der Waals surface area (Å²) < 4.78 is 0. The highest BCUT2D eigenvalue weighted by Gasteiger charge is 2.13. The molecule has 88 valence electrons. The Morgan fingerprint density at radius 2 is 2.18 bits per heavy atom. The van der Waals surface area contributed by atoms with Crippen LogP contribution in [0.1, 0.15) is 23.1 Å². The zero-order valence-corrected chi connectivity index (χ0v) is 10.3. The first-order valence-corrected chi connectivity index (χ1v) is 5.60. The molecule has 17 heavy (non-hydrogen) atoms. The van der Waals surface area contributed by atoms with Crippen LogP contribution in [0.2, 0.25) is 0 Å². The molecule has 1 aromatic heterocycles. The fraction of sp³-hybridized carbons (Fsp3) is 0.308. The van der Waals surface area contributed by atoms with Crippen molar-refractivity contribution in [3.05, 3.63) is 35.8 Å². The van der Waals surface area contributed by atoms with Crippen molar-refractivity contribution in [3.8, 4) is 0 Å². The molecule has 0 spiro atoms. The van der Waals surface area contributed by atoms with E-state index in [1.807, 2.05) is 32.0 Å². The SMILES string of the molecule is CCN(C)C(=O)c1ncc2cc(C)ccc2n1. The van der Waals surface area contributed by atoms with Crippen molar-refractivity contribution >= 4 is 16.8 Å². The van der Waals surface area contributed by atoms with Gasteiger partial charge in [-0.2, -0.15) is 0 Å². The van der Waals surface area contributed by atoms with Gasteiger partial charge in [0.05, 0.1) is 5.52 Å². The van der Waals surface area contributed by atoms with Crippen molar-refractivity contribution < 1.29 is 4.79 Å². The van der Waals surface area contributed by atoms with E-state index in [1.165, 1.54) is 0 Å². The average molecular weight is 229 g/mol. The minimum Gasteiger partial charge on any atom is -0.339 e. The van der Waals surface area contributed by atoms with Gasteiger partial charge in [-0.1, -0.05) is 11.6 Å². The van der Waals surface area contributed by atoms with Crippen molar-refractivity contribution in [2.24, 2.45) is 0 Å². The molecule has 1 aromatic carbocycles. The molecule has 0 N–H and O–H groups in total. The van der Waals surface area contributed by atoms with Crippen molar-refractivity contribution in [2.75, 3.05) is 13.6 Å². The van der Waals surface area contributed by atoms with Gasteiger partial charge in [0.25, 0.3) is 5.91 Å². The Morgan fingerprint density at radius 3 is 2.88 bits per heavy atom. The Hall–Kier alpha value is -1.97. The third-order valence-electron chi connectivity index (χ3n) is 2.75. The van der Waals surface area contributed by atoms with Gasteiger partial charge < -0.3 is 4.90 Å². The van der Waals surface area contributed by atoms with Gasteiger partial charge in [0.2, 0.25) is 5.82 Å². The molecule has 4 heteroatoms. The summed E-state index contributed by atoms with van der Waals surface area (Å²) >= 11 is 0. The molecule has 2 aromatic rings. The molecular weight excluding hydrogens is 214 g/mol. The Balaban J connectivity index is 2.45. The largest absolute Gasteiger partial charge is 0.339 e. The maximum atomic E-state index is 11.9. The van der Waals surface area contributed by atoms with E-state index in [1.54, 1.807) is 18.1 Å². The lowest BCUT2D eigenvalue weighted by molar-refractivity contribution is 0.0791. The Bertz CT molecular complexity index is 566. The van der Waals surface area contributed by atoms with Gasteiger partial charge in [0, 0.05) is 25.2 Å². The van der Waals surface area contributed by atoms with Crippen LogP contribution in [0.3, 0.4) is 0 Å². The number of benzene rings is 1. The van der Waals surface area contributed by atoms with Crippen LogP contribution in [0.25, 0.3) is 10.9 Å². The second-order valence-electron chi connectivity index (χ2n) is 4.08. The first-order valence-electron chi connectivity index (χ1n) is 5.60. The highest BCUT2D eigenvalue weighted by Crippen LogP contribution is 2.13. The van der Waals surface area contributed by atoms with Gasteiger partial charge in [-0.15, -0.1) is 0 Å². The van der Waals surface area contributed by atoms with E-state index in [2.05, 4.69) is 9.97 Å². The van der Waals surface area contributed by atoms with E-state index in [9.17, 15) is 4.79 Å². The molecule has 0 bridgehead atoms.